The Morgan fingerprint density at radius 1 is 0.810 bits per heavy atom. The van der Waals surface area contributed by atoms with Gasteiger partial charge < -0.3 is 24.8 Å². The summed E-state index contributed by atoms with van der Waals surface area (Å²) in [5.41, 5.74) is 15.2. The zero-order valence-corrected chi connectivity index (χ0v) is 31.4. The number of fused-ring (bicyclic) bond motifs is 3. The number of rotatable bonds is 4. The van der Waals surface area contributed by atoms with E-state index in [4.69, 9.17) is 0 Å². The van der Waals surface area contributed by atoms with E-state index in [-0.39, 0.29) is 35.6 Å². The summed E-state index contributed by atoms with van der Waals surface area (Å²) >= 11 is -2.56. The average molecular weight is 679 g/mol. The standard InChI is InChI=1S/C21H25.C10H15.C8H8.2ClH.Zr/c1-20(2,3)16-7-9-18-14(12-16)11-15-13-17(21(4,5)6)8-10-19(15)18;1-7(2)10-6-8(3)5-9(10)4;1-7-3-5-8(2)6-4-7;;;/h7-10,12H,11H2,1-6H3;6-8H,1-4H3;1,3-6H,2H3;2*1H;/q;;;;;+2/p-2. The van der Waals surface area contributed by atoms with Gasteiger partial charge >= 0.3 is 253 Å². The van der Waals surface area contributed by atoms with E-state index in [0.29, 0.717) is 11.8 Å². The van der Waals surface area contributed by atoms with Crippen LogP contribution in [0.15, 0.2) is 75.1 Å². The monoisotopic (exact) mass is 676 g/mol. The van der Waals surface area contributed by atoms with E-state index < -0.39 is 21.3 Å². The van der Waals surface area contributed by atoms with Crippen LogP contribution < -0.4 is 28.1 Å². The Bertz CT molecular complexity index is 1570. The predicted octanol–water partition coefficient (Wildman–Crippen LogP) is 3.77. The van der Waals surface area contributed by atoms with Gasteiger partial charge in [0.2, 0.25) is 0 Å². The second-order valence-corrected chi connectivity index (χ2v) is 19.9. The summed E-state index contributed by atoms with van der Waals surface area (Å²) in [5, 5.41) is 0. The van der Waals surface area contributed by atoms with E-state index >= 15 is 0 Å². The molecule has 3 aromatic rings. The summed E-state index contributed by atoms with van der Waals surface area (Å²) in [6, 6.07) is 21.5. The van der Waals surface area contributed by atoms with E-state index in [1.165, 1.54) is 33.4 Å². The summed E-state index contributed by atoms with van der Waals surface area (Å²) in [4.78, 5) is 0. The van der Waals surface area contributed by atoms with Crippen molar-refractivity contribution < 1.29 is 46.1 Å². The van der Waals surface area contributed by atoms with Gasteiger partial charge in [0.05, 0.1) is 0 Å². The maximum absolute atomic E-state index is 2.77. The van der Waals surface area contributed by atoms with Crippen LogP contribution >= 0.6 is 0 Å². The minimum atomic E-state index is -2.56. The van der Waals surface area contributed by atoms with Crippen LogP contribution in [0.4, 0.5) is 0 Å². The zero-order valence-electron chi connectivity index (χ0n) is 27.5. The first kappa shape index (κ1) is 35.0. The SMILES string of the molecule is CC1=[C](/[Zr+2](=[CH]/c2ccc(C)cc2)[c]2c(C(C)(C)C)ccc3c2Cc2cc(C(C)(C)C)ccc2-3)C(C)C=C1C(C)C.[Cl-].[Cl-]. The van der Waals surface area contributed by atoms with Gasteiger partial charge in [0.1, 0.15) is 0 Å². The van der Waals surface area contributed by atoms with Crippen molar-refractivity contribution in [3.8, 4) is 11.1 Å². The van der Waals surface area contributed by atoms with Gasteiger partial charge in [0.25, 0.3) is 0 Å². The maximum Gasteiger partial charge on any atom is -1.00 e. The summed E-state index contributed by atoms with van der Waals surface area (Å²) in [6.07, 6.45) is 3.65. The van der Waals surface area contributed by atoms with Gasteiger partial charge in [-0.1, -0.05) is 0 Å². The summed E-state index contributed by atoms with van der Waals surface area (Å²) in [7, 11) is 0. The Balaban J connectivity index is 0.00000242. The fourth-order valence-corrected chi connectivity index (χ4v) is 15.5. The molecule has 0 saturated heterocycles. The van der Waals surface area contributed by atoms with E-state index in [0.717, 1.165) is 6.42 Å². The van der Waals surface area contributed by atoms with Crippen molar-refractivity contribution in [3.05, 3.63) is 108 Å². The van der Waals surface area contributed by atoms with E-state index in [2.05, 4.69) is 141 Å². The molecule has 0 radical (unpaired) electrons. The molecule has 0 spiro atoms. The van der Waals surface area contributed by atoms with Gasteiger partial charge in [0.15, 0.2) is 0 Å². The summed E-state index contributed by atoms with van der Waals surface area (Å²) in [6.45, 7) is 26.1. The Morgan fingerprint density at radius 2 is 1.43 bits per heavy atom. The Kier molecular flexibility index (Phi) is 10.7. The molecule has 0 saturated carbocycles. The molecular weight excluding hydrogens is 631 g/mol. The molecule has 222 valence electrons. The molecule has 2 aliphatic rings. The first-order valence-electron chi connectivity index (χ1n) is 15.2. The molecule has 42 heavy (non-hydrogen) atoms. The molecule has 2 aliphatic carbocycles. The molecular formula is C39H48Cl2Zr. The molecule has 0 amide bonds. The molecule has 1 unspecified atom stereocenters. The number of benzene rings is 3. The molecule has 1 atom stereocenters. The van der Waals surface area contributed by atoms with Crippen LogP contribution in [0, 0.1) is 18.8 Å². The van der Waals surface area contributed by atoms with Crippen LogP contribution in [-0.4, -0.2) is 3.71 Å². The average Bonchev–Trinajstić information content (AvgIpc) is 3.38. The van der Waals surface area contributed by atoms with Crippen LogP contribution in [0.2, 0.25) is 0 Å². The van der Waals surface area contributed by atoms with Crippen LogP contribution in [0.5, 0.6) is 0 Å². The first-order valence-corrected chi connectivity index (χ1v) is 19.1. The van der Waals surface area contributed by atoms with Crippen molar-refractivity contribution >= 4 is 6.98 Å². The molecule has 3 heteroatoms. The van der Waals surface area contributed by atoms with Gasteiger partial charge in [-0.05, 0) is 0 Å². The Labute approximate surface area is 276 Å². The third-order valence-corrected chi connectivity index (χ3v) is 16.8. The van der Waals surface area contributed by atoms with Gasteiger partial charge in [0, 0.05) is 0 Å². The van der Waals surface area contributed by atoms with E-state index in [1.54, 1.807) is 28.8 Å². The number of hydrogen-bond donors (Lipinski definition) is 0. The van der Waals surface area contributed by atoms with Gasteiger partial charge in [-0.3, -0.25) is 0 Å². The van der Waals surface area contributed by atoms with Crippen LogP contribution in [0.1, 0.15) is 103 Å². The molecule has 0 heterocycles. The van der Waals surface area contributed by atoms with Crippen molar-refractivity contribution in [1.82, 2.24) is 0 Å². The van der Waals surface area contributed by atoms with Crippen LogP contribution in [0.25, 0.3) is 11.1 Å². The number of hydrogen-bond acceptors (Lipinski definition) is 0. The molecule has 3 aromatic carbocycles. The van der Waals surface area contributed by atoms with Crippen molar-refractivity contribution in [3.63, 3.8) is 0 Å². The minimum absolute atomic E-state index is 0. The third-order valence-electron chi connectivity index (χ3n) is 9.04. The fourth-order valence-electron chi connectivity index (χ4n) is 6.84. The summed E-state index contributed by atoms with van der Waals surface area (Å²) in [5.74, 6) is 1.07. The molecule has 0 aliphatic heterocycles. The maximum atomic E-state index is 2.77. The topological polar surface area (TPSA) is 0 Å². The minimum Gasteiger partial charge on any atom is -1.00 e. The van der Waals surface area contributed by atoms with Gasteiger partial charge in [-0.25, -0.2) is 0 Å². The van der Waals surface area contributed by atoms with Crippen molar-refractivity contribution in [2.75, 3.05) is 0 Å². The molecule has 0 nitrogen and oxygen atoms in total. The van der Waals surface area contributed by atoms with Crippen molar-refractivity contribution in [2.45, 2.75) is 93.4 Å². The van der Waals surface area contributed by atoms with Crippen molar-refractivity contribution in [2.24, 2.45) is 11.8 Å². The van der Waals surface area contributed by atoms with Crippen molar-refractivity contribution in [1.29, 1.82) is 0 Å². The molecule has 0 aromatic heterocycles. The number of allylic oxidation sites excluding steroid dienone is 4. The second-order valence-electron chi connectivity index (χ2n) is 14.6. The van der Waals surface area contributed by atoms with Crippen LogP contribution in [0.3, 0.4) is 0 Å². The van der Waals surface area contributed by atoms with Gasteiger partial charge in [-0.2, -0.15) is 0 Å². The molecule has 0 bridgehead atoms. The van der Waals surface area contributed by atoms with E-state index in [1.807, 2.05) is 0 Å². The number of halogens is 2. The molecule has 0 fully saturated rings. The third kappa shape index (κ3) is 6.60. The fraction of sp³-hybridized carbons (Fsp3) is 0.410. The predicted molar refractivity (Wildman–Crippen MR) is 173 cm³/mol. The zero-order chi connectivity index (χ0) is 29.1. The van der Waals surface area contributed by atoms with Gasteiger partial charge in [-0.15, -0.1) is 0 Å². The first-order chi connectivity index (χ1) is 18.7. The Morgan fingerprint density at radius 3 is 1.98 bits per heavy atom. The number of aryl methyl sites for hydroxylation is 1. The summed E-state index contributed by atoms with van der Waals surface area (Å²) < 4.78 is 6.28. The quantitative estimate of drug-likeness (QED) is 0.309. The Hall–Kier alpha value is -1.53. The smallest absolute Gasteiger partial charge is 1.00 e. The van der Waals surface area contributed by atoms with E-state index in [9.17, 15) is 0 Å². The second kappa shape index (κ2) is 12.8. The largest absolute Gasteiger partial charge is 1.00 e. The normalized spacial score (nSPS) is 16.2. The molecule has 0 N–H and O–H groups in total. The molecule has 5 rings (SSSR count). The van der Waals surface area contributed by atoms with Crippen LogP contribution in [-0.2, 0) is 38.5 Å².